The van der Waals surface area contributed by atoms with E-state index in [9.17, 15) is 0 Å². The average molecular weight is 321 g/mol. The second kappa shape index (κ2) is 6.79. The van der Waals surface area contributed by atoms with Crippen molar-refractivity contribution in [2.24, 2.45) is 0 Å². The van der Waals surface area contributed by atoms with E-state index in [0.717, 1.165) is 28.1 Å². The quantitative estimate of drug-likeness (QED) is 0.742. The Bertz CT molecular complexity index is 823. The summed E-state index contributed by atoms with van der Waals surface area (Å²) in [6.45, 7) is 4.60. The van der Waals surface area contributed by atoms with Crippen molar-refractivity contribution in [3.05, 3.63) is 54.4 Å². The smallest absolute Gasteiger partial charge is 0.129 e. The first kappa shape index (κ1) is 16.1. The molecule has 0 atom stereocenters. The molecule has 0 unspecified atom stereocenters. The maximum Gasteiger partial charge on any atom is 0.129 e. The molecule has 1 aliphatic rings. The van der Waals surface area contributed by atoms with E-state index in [2.05, 4.69) is 51.5 Å². The molecular weight excluding hydrogens is 298 g/mol. The van der Waals surface area contributed by atoms with Crippen LogP contribution in [0.4, 0.5) is 5.69 Å². The Morgan fingerprint density at radius 2 is 1.79 bits per heavy atom. The van der Waals surface area contributed by atoms with E-state index in [4.69, 9.17) is 4.74 Å². The van der Waals surface area contributed by atoms with Gasteiger partial charge in [-0.2, -0.15) is 5.10 Å². The first-order chi connectivity index (χ1) is 11.7. The number of aromatic amines is 1. The number of anilines is 1. The summed E-state index contributed by atoms with van der Waals surface area (Å²) < 4.78 is 5.96. The minimum absolute atomic E-state index is 0.602. The van der Waals surface area contributed by atoms with Crippen molar-refractivity contribution in [3.63, 3.8) is 0 Å². The molecule has 24 heavy (non-hydrogen) atoms. The molecule has 2 aromatic carbocycles. The average Bonchev–Trinajstić information content (AvgIpc) is 3.17. The lowest BCUT2D eigenvalue weighted by Gasteiger charge is -2.23. The largest absolute Gasteiger partial charge is 0.488 e. The van der Waals surface area contributed by atoms with Crippen LogP contribution in [0.3, 0.4) is 0 Å². The summed E-state index contributed by atoms with van der Waals surface area (Å²) >= 11 is 0. The Morgan fingerprint density at radius 3 is 2.50 bits per heavy atom. The molecule has 0 spiro atoms. The van der Waals surface area contributed by atoms with Crippen molar-refractivity contribution in [2.45, 2.75) is 20.5 Å². The van der Waals surface area contributed by atoms with Gasteiger partial charge in [0.1, 0.15) is 12.4 Å². The lowest BCUT2D eigenvalue weighted by molar-refractivity contribution is 0.302. The van der Waals surface area contributed by atoms with Gasteiger partial charge in [-0.05, 0) is 34.9 Å². The van der Waals surface area contributed by atoms with Gasteiger partial charge in [-0.15, -0.1) is 0 Å². The van der Waals surface area contributed by atoms with Crippen LogP contribution in [0.2, 0.25) is 0 Å². The zero-order chi connectivity index (χ0) is 17.1. The molecule has 1 N–H and O–H groups in total. The Kier molecular flexibility index (Phi) is 4.56. The molecule has 0 radical (unpaired) electrons. The first-order valence-electron chi connectivity index (χ1n) is 8.29. The van der Waals surface area contributed by atoms with Crippen LogP contribution in [0, 0.1) is 0 Å². The molecule has 1 aliphatic heterocycles. The highest BCUT2D eigenvalue weighted by Gasteiger charge is 2.18. The lowest BCUT2D eigenvalue weighted by Crippen LogP contribution is -2.10. The van der Waals surface area contributed by atoms with Gasteiger partial charge in [0.2, 0.25) is 0 Å². The molecule has 0 fully saturated rings. The highest BCUT2D eigenvalue weighted by molar-refractivity contribution is 5.80. The second-order valence-electron chi connectivity index (χ2n) is 5.72. The third-order valence-electron chi connectivity index (χ3n) is 4.09. The third-order valence-corrected chi connectivity index (χ3v) is 4.09. The number of aromatic nitrogens is 2. The lowest BCUT2D eigenvalue weighted by atomic mass is 9.94. The number of hydrogen-bond donors (Lipinski definition) is 1. The first-order valence-corrected chi connectivity index (χ1v) is 8.29. The third kappa shape index (κ3) is 2.87. The van der Waals surface area contributed by atoms with E-state index in [0.29, 0.717) is 6.61 Å². The van der Waals surface area contributed by atoms with Gasteiger partial charge in [-0.1, -0.05) is 26.0 Å². The van der Waals surface area contributed by atoms with Gasteiger partial charge in [0.25, 0.3) is 0 Å². The molecule has 0 saturated heterocycles. The minimum atomic E-state index is 0.602. The predicted molar refractivity (Wildman–Crippen MR) is 99.5 cm³/mol. The highest BCUT2D eigenvalue weighted by atomic mass is 16.5. The number of fused-ring (bicyclic) bond motifs is 3. The van der Waals surface area contributed by atoms with Crippen molar-refractivity contribution in [3.8, 4) is 28.0 Å². The van der Waals surface area contributed by atoms with Crippen LogP contribution in [0.15, 0.2) is 48.8 Å². The van der Waals surface area contributed by atoms with Gasteiger partial charge in [0.05, 0.1) is 6.20 Å². The number of hydrogen-bond acceptors (Lipinski definition) is 3. The minimum Gasteiger partial charge on any atom is -0.488 e. The fourth-order valence-corrected chi connectivity index (χ4v) is 2.85. The molecular formula is C20H23N3O. The normalized spacial score (nSPS) is 11.5. The maximum atomic E-state index is 5.96. The van der Waals surface area contributed by atoms with E-state index >= 15 is 0 Å². The zero-order valence-corrected chi connectivity index (χ0v) is 14.6. The maximum absolute atomic E-state index is 5.96. The summed E-state index contributed by atoms with van der Waals surface area (Å²) in [5.74, 6) is 0.953. The molecule has 2 heterocycles. The van der Waals surface area contributed by atoms with Gasteiger partial charge in [-0.25, -0.2) is 0 Å². The van der Waals surface area contributed by atoms with Crippen molar-refractivity contribution in [1.29, 1.82) is 0 Å². The zero-order valence-electron chi connectivity index (χ0n) is 14.6. The summed E-state index contributed by atoms with van der Waals surface area (Å²) in [7, 11) is 4.07. The van der Waals surface area contributed by atoms with Crippen LogP contribution in [0.5, 0.6) is 5.75 Å². The van der Waals surface area contributed by atoms with Crippen LogP contribution in [-0.2, 0) is 6.61 Å². The van der Waals surface area contributed by atoms with E-state index in [-0.39, 0.29) is 0 Å². The summed E-state index contributed by atoms with van der Waals surface area (Å²) in [5.41, 5.74) is 7.02. The van der Waals surface area contributed by atoms with Crippen LogP contribution in [-0.4, -0.2) is 24.3 Å². The number of ether oxygens (including phenoxy) is 1. The Balaban J connectivity index is 0.000000815. The van der Waals surface area contributed by atoms with Crippen molar-refractivity contribution in [2.75, 3.05) is 19.0 Å². The molecule has 0 aliphatic carbocycles. The topological polar surface area (TPSA) is 41.1 Å². The molecule has 3 aromatic rings. The van der Waals surface area contributed by atoms with E-state index in [1.807, 2.05) is 40.3 Å². The van der Waals surface area contributed by atoms with Gasteiger partial charge in [0, 0.05) is 43.2 Å². The van der Waals surface area contributed by atoms with Gasteiger partial charge < -0.3 is 9.64 Å². The van der Waals surface area contributed by atoms with E-state index in [1.54, 1.807) is 0 Å². The van der Waals surface area contributed by atoms with Crippen LogP contribution < -0.4 is 9.64 Å². The Labute approximate surface area is 143 Å². The highest BCUT2D eigenvalue weighted by Crippen LogP contribution is 2.40. The fraction of sp³-hybridized carbons (Fsp3) is 0.250. The van der Waals surface area contributed by atoms with Crippen LogP contribution in [0.25, 0.3) is 22.3 Å². The van der Waals surface area contributed by atoms with Gasteiger partial charge >= 0.3 is 0 Å². The fourth-order valence-electron chi connectivity index (χ4n) is 2.85. The number of rotatable bonds is 2. The Hall–Kier alpha value is -2.75. The van der Waals surface area contributed by atoms with Crippen molar-refractivity contribution >= 4 is 5.69 Å². The van der Waals surface area contributed by atoms with E-state index < -0.39 is 0 Å². The van der Waals surface area contributed by atoms with Crippen molar-refractivity contribution < 1.29 is 4.74 Å². The summed E-state index contributed by atoms with van der Waals surface area (Å²) in [6.07, 6.45) is 3.74. The van der Waals surface area contributed by atoms with Gasteiger partial charge in [0.15, 0.2) is 0 Å². The molecule has 1 aromatic heterocycles. The molecule has 4 heteroatoms. The monoisotopic (exact) mass is 321 g/mol. The summed E-state index contributed by atoms with van der Waals surface area (Å²) in [6, 6.07) is 12.9. The predicted octanol–water partition coefficient (Wildman–Crippen LogP) is 4.73. The molecule has 124 valence electrons. The molecule has 0 bridgehead atoms. The summed E-state index contributed by atoms with van der Waals surface area (Å²) in [4.78, 5) is 2.08. The standard InChI is InChI=1S/C18H17N3O.C2H6/c1-21(2)15-4-6-17-16-5-3-12(14-9-19-20-10-14)7-13(16)11-22-18(17)8-15;1-2/h3-10H,11H2,1-2H3,(H,19,20);1-2H3. The molecule has 0 saturated carbocycles. The van der Waals surface area contributed by atoms with Gasteiger partial charge in [-0.3, -0.25) is 5.10 Å². The molecule has 4 nitrogen and oxygen atoms in total. The van der Waals surface area contributed by atoms with E-state index in [1.165, 1.54) is 11.1 Å². The number of nitrogens with zero attached hydrogens (tertiary/aromatic N) is 2. The molecule has 0 amide bonds. The number of nitrogens with one attached hydrogen (secondary N) is 1. The Morgan fingerprint density at radius 1 is 1.00 bits per heavy atom. The van der Waals surface area contributed by atoms with Crippen molar-refractivity contribution in [1.82, 2.24) is 10.2 Å². The number of benzene rings is 2. The molecule has 4 rings (SSSR count). The summed E-state index contributed by atoms with van der Waals surface area (Å²) in [5, 5.41) is 6.87. The van der Waals surface area contributed by atoms with Crippen LogP contribution in [0.1, 0.15) is 19.4 Å². The van der Waals surface area contributed by atoms with Crippen LogP contribution >= 0.6 is 0 Å². The second-order valence-corrected chi connectivity index (χ2v) is 5.72. The number of H-pyrrole nitrogens is 1. The SMILES string of the molecule is CC.CN(C)c1ccc2c(c1)OCc1cc(-c3cn[nH]c3)ccc1-2.